The number of benzene rings is 2. The molecule has 1 amide bonds. The topological polar surface area (TPSA) is 89.1 Å². The zero-order valence-corrected chi connectivity index (χ0v) is 26.0. The average molecular weight is 648 g/mol. The number of morpholine rings is 1. The molecule has 216 valence electrons. The van der Waals surface area contributed by atoms with E-state index in [0.717, 1.165) is 29.0 Å². The standard InChI is InChI=1S/C32H31BrN4O4S/c1-19(2)21-9-11-22(12-10-21)28-27(29(38)35-23-7-5-4-6-8-23)20(3)34-32-37(28)30(39)26(42-32)18-24-17-25(33)31(41-24)36-13-15-40-16-14-36/h4-12,17-19,28H,13-16H2,1-3H3,(H,35,38)/t28-/m1/s1. The number of furan rings is 1. The maximum absolute atomic E-state index is 14.1. The van der Waals surface area contributed by atoms with Crippen molar-refractivity contribution in [1.29, 1.82) is 0 Å². The molecule has 0 spiro atoms. The highest BCUT2D eigenvalue weighted by molar-refractivity contribution is 9.10. The maximum atomic E-state index is 14.1. The molecule has 2 aromatic carbocycles. The monoisotopic (exact) mass is 646 g/mol. The molecule has 10 heteroatoms. The van der Waals surface area contributed by atoms with Crippen LogP contribution in [0.25, 0.3) is 6.08 Å². The van der Waals surface area contributed by atoms with Crippen molar-refractivity contribution in [2.45, 2.75) is 32.7 Å². The predicted octanol–water partition coefficient (Wildman–Crippen LogP) is 5.19. The molecule has 4 aromatic rings. The fraction of sp³-hybridized carbons (Fsp3) is 0.281. The van der Waals surface area contributed by atoms with Crippen LogP contribution in [0.15, 0.2) is 90.6 Å². The summed E-state index contributed by atoms with van der Waals surface area (Å²) in [6.45, 7) is 8.84. The molecule has 2 aliphatic heterocycles. The number of carbonyl (C=O) groups excluding carboxylic acids is 1. The number of thiazole rings is 1. The van der Waals surface area contributed by atoms with Gasteiger partial charge < -0.3 is 19.4 Å². The van der Waals surface area contributed by atoms with Gasteiger partial charge in [0.25, 0.3) is 11.5 Å². The Morgan fingerprint density at radius 2 is 1.83 bits per heavy atom. The smallest absolute Gasteiger partial charge is 0.271 e. The quantitative estimate of drug-likeness (QED) is 0.312. The van der Waals surface area contributed by atoms with Crippen molar-refractivity contribution in [1.82, 2.24) is 4.57 Å². The lowest BCUT2D eigenvalue weighted by Crippen LogP contribution is -2.40. The molecule has 0 radical (unpaired) electrons. The Morgan fingerprint density at radius 1 is 1.12 bits per heavy atom. The normalized spacial score (nSPS) is 17.4. The van der Waals surface area contributed by atoms with E-state index in [2.05, 4.69) is 52.1 Å². The van der Waals surface area contributed by atoms with Crippen molar-refractivity contribution in [3.05, 3.63) is 113 Å². The van der Waals surface area contributed by atoms with Gasteiger partial charge in [0.05, 0.1) is 39.5 Å². The number of fused-ring (bicyclic) bond motifs is 1. The Kier molecular flexibility index (Phi) is 8.02. The molecular formula is C32H31BrN4O4S. The minimum atomic E-state index is -0.638. The van der Waals surface area contributed by atoms with Crippen molar-refractivity contribution >= 4 is 50.8 Å². The minimum Gasteiger partial charge on any atom is -0.440 e. The van der Waals surface area contributed by atoms with Crippen molar-refractivity contribution in [2.24, 2.45) is 4.99 Å². The van der Waals surface area contributed by atoms with Crippen LogP contribution in [-0.4, -0.2) is 36.8 Å². The number of carbonyl (C=O) groups is 1. The first kappa shape index (κ1) is 28.4. The van der Waals surface area contributed by atoms with Crippen LogP contribution in [0.2, 0.25) is 0 Å². The number of rotatable bonds is 6. The first-order chi connectivity index (χ1) is 20.3. The number of para-hydroxylation sites is 1. The molecule has 1 N–H and O–H groups in total. The van der Waals surface area contributed by atoms with Crippen LogP contribution in [0.3, 0.4) is 0 Å². The summed E-state index contributed by atoms with van der Waals surface area (Å²) in [6.07, 6.45) is 1.75. The van der Waals surface area contributed by atoms with E-state index in [1.807, 2.05) is 55.5 Å². The van der Waals surface area contributed by atoms with Crippen molar-refractivity contribution in [3.63, 3.8) is 0 Å². The number of ether oxygens (including phenoxy) is 1. The second-order valence-electron chi connectivity index (χ2n) is 10.6. The predicted molar refractivity (Wildman–Crippen MR) is 169 cm³/mol. The maximum Gasteiger partial charge on any atom is 0.271 e. The average Bonchev–Trinajstić information content (AvgIpc) is 3.51. The number of allylic oxidation sites excluding steroid dienone is 1. The first-order valence-electron chi connectivity index (χ1n) is 13.9. The summed E-state index contributed by atoms with van der Waals surface area (Å²) >= 11 is 4.90. The van der Waals surface area contributed by atoms with E-state index >= 15 is 0 Å². The highest BCUT2D eigenvalue weighted by Crippen LogP contribution is 2.33. The second-order valence-corrected chi connectivity index (χ2v) is 12.5. The molecule has 0 aliphatic carbocycles. The van der Waals surface area contributed by atoms with Gasteiger partial charge in [0.1, 0.15) is 5.76 Å². The summed E-state index contributed by atoms with van der Waals surface area (Å²) in [5.74, 6) is 1.34. The molecule has 42 heavy (non-hydrogen) atoms. The van der Waals surface area contributed by atoms with E-state index in [-0.39, 0.29) is 11.5 Å². The molecule has 0 unspecified atom stereocenters. The molecule has 4 heterocycles. The zero-order valence-electron chi connectivity index (χ0n) is 23.6. The van der Waals surface area contributed by atoms with Crippen LogP contribution < -0.4 is 25.1 Å². The summed E-state index contributed by atoms with van der Waals surface area (Å²) in [5, 5.41) is 3.00. The van der Waals surface area contributed by atoms with E-state index in [4.69, 9.17) is 14.1 Å². The molecule has 6 rings (SSSR count). The number of nitrogens with one attached hydrogen (secondary N) is 1. The van der Waals surface area contributed by atoms with Gasteiger partial charge in [-0.3, -0.25) is 14.2 Å². The second kappa shape index (κ2) is 11.9. The van der Waals surface area contributed by atoms with Crippen LogP contribution in [0.5, 0.6) is 0 Å². The van der Waals surface area contributed by atoms with E-state index < -0.39 is 6.04 Å². The van der Waals surface area contributed by atoms with Crippen molar-refractivity contribution < 1.29 is 13.9 Å². The van der Waals surface area contributed by atoms with Crippen LogP contribution in [0.1, 0.15) is 49.6 Å². The number of hydrogen-bond donors (Lipinski definition) is 1. The summed E-state index contributed by atoms with van der Waals surface area (Å²) in [5.41, 5.74) is 3.48. The molecule has 1 atom stereocenters. The molecule has 1 saturated heterocycles. The lowest BCUT2D eigenvalue weighted by molar-refractivity contribution is -0.113. The number of halogens is 1. The third-order valence-electron chi connectivity index (χ3n) is 7.48. The van der Waals surface area contributed by atoms with Gasteiger partial charge in [-0.1, -0.05) is 67.6 Å². The van der Waals surface area contributed by atoms with Gasteiger partial charge >= 0.3 is 0 Å². The Morgan fingerprint density at radius 3 is 2.52 bits per heavy atom. The van der Waals surface area contributed by atoms with Gasteiger partial charge in [0, 0.05) is 30.9 Å². The summed E-state index contributed by atoms with van der Waals surface area (Å²) in [4.78, 5) is 35.2. The Labute approximate surface area is 255 Å². The first-order valence-corrected chi connectivity index (χ1v) is 15.5. The Balaban J connectivity index is 1.45. The Hall–Kier alpha value is -3.73. The van der Waals surface area contributed by atoms with Crippen molar-refractivity contribution in [3.8, 4) is 0 Å². The molecule has 0 saturated carbocycles. The summed E-state index contributed by atoms with van der Waals surface area (Å²) < 4.78 is 14.6. The molecule has 8 nitrogen and oxygen atoms in total. The minimum absolute atomic E-state index is 0.227. The SMILES string of the molecule is CC1=C(C(=O)Nc2ccccc2)[C@@H](c2ccc(C(C)C)cc2)n2c(sc(=Cc3cc(Br)c(N4CCOCC4)o3)c2=O)=N1. The van der Waals surface area contributed by atoms with E-state index in [0.29, 0.717) is 51.2 Å². The van der Waals surface area contributed by atoms with E-state index in [1.165, 1.54) is 16.9 Å². The number of hydrogen-bond acceptors (Lipinski definition) is 7. The third-order valence-corrected chi connectivity index (χ3v) is 9.03. The van der Waals surface area contributed by atoms with Gasteiger partial charge in [-0.15, -0.1) is 0 Å². The van der Waals surface area contributed by atoms with E-state index in [9.17, 15) is 9.59 Å². The van der Waals surface area contributed by atoms with Gasteiger partial charge in [-0.25, -0.2) is 4.99 Å². The van der Waals surface area contributed by atoms with Crippen LogP contribution in [0, 0.1) is 0 Å². The molecule has 0 bridgehead atoms. The van der Waals surface area contributed by atoms with Crippen LogP contribution >= 0.6 is 27.3 Å². The highest BCUT2D eigenvalue weighted by Gasteiger charge is 2.32. The number of nitrogens with zero attached hydrogens (tertiary/aromatic N) is 3. The lowest BCUT2D eigenvalue weighted by atomic mass is 9.93. The van der Waals surface area contributed by atoms with E-state index in [1.54, 1.807) is 10.6 Å². The zero-order chi connectivity index (χ0) is 29.4. The lowest BCUT2D eigenvalue weighted by Gasteiger charge is -2.26. The number of aromatic nitrogens is 1. The van der Waals surface area contributed by atoms with Gasteiger partial charge in [0.15, 0.2) is 4.80 Å². The third kappa shape index (κ3) is 5.54. The van der Waals surface area contributed by atoms with Crippen molar-refractivity contribution in [2.75, 3.05) is 36.5 Å². The summed E-state index contributed by atoms with van der Waals surface area (Å²) in [7, 11) is 0. The molecule has 1 fully saturated rings. The molecular weight excluding hydrogens is 616 g/mol. The molecule has 2 aliphatic rings. The van der Waals surface area contributed by atoms with Gasteiger partial charge in [0.2, 0.25) is 5.88 Å². The Bertz CT molecular complexity index is 1830. The summed E-state index contributed by atoms with van der Waals surface area (Å²) in [6, 6.07) is 18.7. The molecule has 2 aromatic heterocycles. The highest BCUT2D eigenvalue weighted by atomic mass is 79.9. The fourth-order valence-electron chi connectivity index (χ4n) is 5.27. The van der Waals surface area contributed by atoms with Crippen LogP contribution in [-0.2, 0) is 9.53 Å². The number of anilines is 2. The van der Waals surface area contributed by atoms with Crippen LogP contribution in [0.4, 0.5) is 11.6 Å². The fourth-order valence-corrected chi connectivity index (χ4v) is 6.85. The van der Waals surface area contributed by atoms with Gasteiger partial charge in [-0.2, -0.15) is 0 Å². The largest absolute Gasteiger partial charge is 0.440 e. The van der Waals surface area contributed by atoms with Gasteiger partial charge in [-0.05, 0) is 52.0 Å². The number of amides is 1.